The molecular formula is C33H31F4N5O6. The molecule has 1 atom stereocenters. The number of nitrogens with two attached hydrogens (primary N) is 1. The Labute approximate surface area is 271 Å². The van der Waals surface area contributed by atoms with E-state index in [2.05, 4.69) is 20.1 Å². The molecule has 252 valence electrons. The average molecular weight is 670 g/mol. The van der Waals surface area contributed by atoms with Crippen molar-refractivity contribution in [1.29, 1.82) is 0 Å². The molecule has 0 unspecified atom stereocenters. The number of amides is 2. The van der Waals surface area contributed by atoms with Crippen LogP contribution in [0.15, 0.2) is 42.6 Å². The molecule has 7 rings (SSSR count). The van der Waals surface area contributed by atoms with Gasteiger partial charge in [0.1, 0.15) is 28.3 Å². The molecule has 3 heterocycles. The highest BCUT2D eigenvalue weighted by atomic mass is 19.3. The number of hydrogen-bond donors (Lipinski definition) is 3. The van der Waals surface area contributed by atoms with Gasteiger partial charge in [0.05, 0.1) is 43.1 Å². The van der Waals surface area contributed by atoms with E-state index in [1.165, 1.54) is 13.2 Å². The molecule has 0 spiro atoms. The molecule has 0 bridgehead atoms. The number of hydrogen-bond acceptors (Lipinski definition) is 8. The molecule has 2 aromatic heterocycles. The zero-order chi connectivity index (χ0) is 34.2. The quantitative estimate of drug-likeness (QED) is 0.188. The Bertz CT molecular complexity index is 1980. The lowest BCUT2D eigenvalue weighted by Gasteiger charge is -2.29. The highest BCUT2D eigenvalue weighted by Gasteiger charge is 2.66. The average Bonchev–Trinajstić information content (AvgIpc) is 3.99. The Hall–Kier alpha value is -4.92. The standard InChI is InChI=1S/C33H31F4N5O6/c1-3-47-28-21(29(38)43)13-25(40-27(28)16-4-9-22-23(11-16)48-33(36,37)32(22,34)35)31(45,19-5-6-19)15-39-30(44)17-10-18-14-42(20-7-8-20)41-26(18)24(12-17)46-2/h4,9-14,19-20,45H,3,5-8,15H2,1-2H3,(H2,38,43)(H,39,44)/t31-/m0/s1. The molecule has 2 aromatic carbocycles. The number of primary amides is 1. The van der Waals surface area contributed by atoms with Crippen molar-refractivity contribution in [3.05, 3.63) is 65.0 Å². The lowest BCUT2D eigenvalue weighted by molar-refractivity contribution is -0.296. The number of pyridine rings is 1. The summed E-state index contributed by atoms with van der Waals surface area (Å²) in [6.45, 7) is 1.32. The smallest absolute Gasteiger partial charge is 0.469 e. The summed E-state index contributed by atoms with van der Waals surface area (Å²) in [5.74, 6) is -6.94. The Morgan fingerprint density at radius 1 is 1.15 bits per heavy atom. The first-order valence-corrected chi connectivity index (χ1v) is 15.4. The third-order valence-electron chi connectivity index (χ3n) is 8.93. The minimum Gasteiger partial charge on any atom is -0.494 e. The van der Waals surface area contributed by atoms with Gasteiger partial charge < -0.3 is 30.4 Å². The van der Waals surface area contributed by atoms with Gasteiger partial charge in [-0.15, -0.1) is 0 Å². The van der Waals surface area contributed by atoms with E-state index in [4.69, 9.17) is 15.2 Å². The summed E-state index contributed by atoms with van der Waals surface area (Å²) < 4.78 is 74.0. The Morgan fingerprint density at radius 3 is 2.54 bits per heavy atom. The fourth-order valence-electron chi connectivity index (χ4n) is 6.05. The van der Waals surface area contributed by atoms with Crippen LogP contribution in [0.3, 0.4) is 0 Å². The molecule has 0 saturated heterocycles. The number of alkyl halides is 4. The summed E-state index contributed by atoms with van der Waals surface area (Å²) in [7, 11) is 1.48. The number of carbonyl (C=O) groups is 2. The molecule has 0 radical (unpaired) electrons. The van der Waals surface area contributed by atoms with Crippen molar-refractivity contribution in [3.63, 3.8) is 0 Å². The summed E-state index contributed by atoms with van der Waals surface area (Å²) in [6, 6.07) is 7.65. The van der Waals surface area contributed by atoms with Gasteiger partial charge in [-0.05, 0) is 68.9 Å². The maximum Gasteiger partial charge on any atom is 0.469 e. The summed E-state index contributed by atoms with van der Waals surface area (Å²) in [5, 5.41) is 20.2. The van der Waals surface area contributed by atoms with E-state index in [1.807, 2.05) is 10.9 Å². The topological polar surface area (TPSA) is 151 Å². The lowest BCUT2D eigenvalue weighted by atomic mass is 9.90. The van der Waals surface area contributed by atoms with Crippen LogP contribution in [0.25, 0.3) is 22.2 Å². The van der Waals surface area contributed by atoms with Gasteiger partial charge in [-0.2, -0.15) is 22.7 Å². The van der Waals surface area contributed by atoms with Crippen molar-refractivity contribution in [2.45, 2.75) is 56.3 Å². The van der Waals surface area contributed by atoms with E-state index in [0.717, 1.165) is 31.0 Å². The van der Waals surface area contributed by atoms with Gasteiger partial charge in [-0.3, -0.25) is 14.3 Å². The number of fused-ring (bicyclic) bond motifs is 2. The number of nitrogens with one attached hydrogen (secondary N) is 1. The Morgan fingerprint density at radius 2 is 1.90 bits per heavy atom. The number of methoxy groups -OCH3 is 1. The van der Waals surface area contributed by atoms with Crippen LogP contribution in [-0.4, -0.2) is 58.1 Å². The summed E-state index contributed by atoms with van der Waals surface area (Å²) in [4.78, 5) is 30.8. The summed E-state index contributed by atoms with van der Waals surface area (Å²) >= 11 is 0. The van der Waals surface area contributed by atoms with Crippen LogP contribution in [0, 0.1) is 5.92 Å². The number of halogens is 4. The van der Waals surface area contributed by atoms with Crippen molar-refractivity contribution in [2.75, 3.05) is 20.3 Å². The maximum atomic E-state index is 14.3. The fourth-order valence-corrected chi connectivity index (χ4v) is 6.05. The second-order valence-corrected chi connectivity index (χ2v) is 12.3. The fraction of sp³-hybridized carbons (Fsp3) is 0.394. The molecule has 4 aromatic rings. The molecule has 2 aliphatic carbocycles. The number of rotatable bonds is 11. The van der Waals surface area contributed by atoms with Crippen LogP contribution >= 0.6 is 0 Å². The number of ether oxygens (including phenoxy) is 3. The van der Waals surface area contributed by atoms with Crippen LogP contribution in [-0.2, 0) is 11.5 Å². The lowest BCUT2D eigenvalue weighted by Crippen LogP contribution is -2.43. The Balaban J connectivity index is 1.25. The molecule has 4 N–H and O–H groups in total. The number of nitrogens with zero attached hydrogens (tertiary/aromatic N) is 3. The van der Waals surface area contributed by atoms with E-state index in [9.17, 15) is 32.3 Å². The predicted octanol–water partition coefficient (Wildman–Crippen LogP) is 5.04. The highest BCUT2D eigenvalue weighted by Crippen LogP contribution is 2.54. The van der Waals surface area contributed by atoms with Crippen LogP contribution in [0.4, 0.5) is 17.6 Å². The number of aliphatic hydroxyl groups is 1. The molecular weight excluding hydrogens is 638 g/mol. The number of carbonyl (C=O) groups excluding carboxylic acids is 2. The maximum absolute atomic E-state index is 14.3. The first-order valence-electron chi connectivity index (χ1n) is 15.4. The highest BCUT2D eigenvalue weighted by molar-refractivity contribution is 6.00. The molecule has 3 aliphatic rings. The molecule has 2 saturated carbocycles. The first kappa shape index (κ1) is 31.7. The molecule has 2 amide bonds. The normalized spacial score (nSPS) is 18.9. The van der Waals surface area contributed by atoms with Gasteiger partial charge in [0, 0.05) is 22.7 Å². The van der Waals surface area contributed by atoms with Crippen molar-refractivity contribution in [2.24, 2.45) is 11.7 Å². The van der Waals surface area contributed by atoms with Crippen molar-refractivity contribution >= 4 is 22.7 Å². The third-order valence-corrected chi connectivity index (χ3v) is 8.93. The number of benzene rings is 2. The van der Waals surface area contributed by atoms with Gasteiger partial charge >= 0.3 is 12.0 Å². The second-order valence-electron chi connectivity index (χ2n) is 12.3. The van der Waals surface area contributed by atoms with Crippen LogP contribution in [0.1, 0.15) is 70.6 Å². The Kier molecular flexibility index (Phi) is 7.31. The van der Waals surface area contributed by atoms with Crippen molar-refractivity contribution < 1.29 is 46.5 Å². The van der Waals surface area contributed by atoms with Gasteiger partial charge in [0.15, 0.2) is 5.75 Å². The van der Waals surface area contributed by atoms with E-state index in [0.29, 0.717) is 35.5 Å². The monoisotopic (exact) mass is 669 g/mol. The molecule has 48 heavy (non-hydrogen) atoms. The zero-order valence-corrected chi connectivity index (χ0v) is 25.9. The molecule has 15 heteroatoms. The van der Waals surface area contributed by atoms with Crippen LogP contribution < -0.4 is 25.3 Å². The van der Waals surface area contributed by atoms with Crippen molar-refractivity contribution in [3.8, 4) is 28.5 Å². The largest absolute Gasteiger partial charge is 0.494 e. The zero-order valence-electron chi connectivity index (χ0n) is 25.9. The minimum atomic E-state index is -4.78. The van der Waals surface area contributed by atoms with E-state index >= 15 is 0 Å². The van der Waals surface area contributed by atoms with Gasteiger partial charge in [0.2, 0.25) is 0 Å². The molecule has 11 nitrogen and oxygen atoms in total. The predicted molar refractivity (Wildman–Crippen MR) is 162 cm³/mol. The van der Waals surface area contributed by atoms with Crippen molar-refractivity contribution in [1.82, 2.24) is 20.1 Å². The summed E-state index contributed by atoms with van der Waals surface area (Å²) in [5.41, 5.74) is 3.36. The molecule has 2 fully saturated rings. The third kappa shape index (κ3) is 5.16. The second kappa shape index (κ2) is 11.1. The van der Waals surface area contributed by atoms with Gasteiger partial charge in [0.25, 0.3) is 11.8 Å². The van der Waals surface area contributed by atoms with E-state index in [-0.39, 0.29) is 52.9 Å². The first-order chi connectivity index (χ1) is 22.8. The van der Waals surface area contributed by atoms with Gasteiger partial charge in [-0.25, -0.2) is 4.98 Å². The summed E-state index contributed by atoms with van der Waals surface area (Å²) in [6.07, 6.45) is 0.262. The van der Waals surface area contributed by atoms with E-state index in [1.54, 1.807) is 19.1 Å². The van der Waals surface area contributed by atoms with Gasteiger partial charge in [-0.1, -0.05) is 6.07 Å². The van der Waals surface area contributed by atoms with Crippen LogP contribution in [0.5, 0.6) is 17.2 Å². The minimum absolute atomic E-state index is 0.00984. The molecule has 1 aliphatic heterocycles. The SMILES string of the molecule is CCOc1c(C(N)=O)cc([C@](O)(CNC(=O)c2cc(OC)c3nn(C4CC4)cc3c2)C2CC2)nc1-c1ccc2c(c1)OC(F)(F)C2(F)F. The van der Waals surface area contributed by atoms with Crippen LogP contribution in [0.2, 0.25) is 0 Å². The van der Waals surface area contributed by atoms with E-state index < -0.39 is 40.8 Å². The number of aromatic nitrogens is 3.